The largest absolute Gasteiger partial charge is 0.384 e. The maximum absolute atomic E-state index is 6.06. The van der Waals surface area contributed by atoms with Crippen LogP contribution in [-0.4, -0.2) is 15.5 Å². The highest BCUT2D eigenvalue weighted by molar-refractivity contribution is 7.98. The van der Waals surface area contributed by atoms with Crippen molar-refractivity contribution < 1.29 is 0 Å². The van der Waals surface area contributed by atoms with Gasteiger partial charge in [-0.15, -0.1) is 0 Å². The zero-order valence-corrected chi connectivity index (χ0v) is 8.31. The molecule has 0 spiro atoms. The van der Waals surface area contributed by atoms with Crippen molar-refractivity contribution >= 4 is 17.6 Å². The maximum Gasteiger partial charge on any atom is 0.125 e. The molecule has 0 atom stereocenters. The lowest BCUT2D eigenvalue weighted by molar-refractivity contribution is 0.644. The smallest absolute Gasteiger partial charge is 0.125 e. The van der Waals surface area contributed by atoms with Gasteiger partial charge in [-0.3, -0.25) is 0 Å². The molecule has 13 heavy (non-hydrogen) atoms. The molecule has 1 aliphatic carbocycles. The van der Waals surface area contributed by atoms with Crippen LogP contribution >= 0.6 is 11.8 Å². The van der Waals surface area contributed by atoms with Crippen molar-refractivity contribution in [3.8, 4) is 0 Å². The molecule has 0 unspecified atom stereocenters. The normalized spacial score (nSPS) is 21.5. The first kappa shape index (κ1) is 7.74. The Bertz CT molecular complexity index is 341. The summed E-state index contributed by atoms with van der Waals surface area (Å²) in [5.41, 5.74) is 8.62. The first-order valence-electron chi connectivity index (χ1n) is 4.80. The molecule has 3 nitrogen and oxygen atoms in total. The van der Waals surface area contributed by atoms with Gasteiger partial charge in [-0.05, 0) is 25.0 Å². The standard InChI is InChI=1S/C9H13N3S/c10-9-7-3-4-13-5-8(7)11-12(9)6-1-2-6/h6H,1-5,10H2. The van der Waals surface area contributed by atoms with Crippen LogP contribution in [0.15, 0.2) is 0 Å². The minimum absolute atomic E-state index is 0.621. The summed E-state index contributed by atoms with van der Waals surface area (Å²) in [5, 5.41) is 4.58. The second kappa shape index (κ2) is 2.67. The predicted molar refractivity (Wildman–Crippen MR) is 54.8 cm³/mol. The molecule has 0 radical (unpaired) electrons. The Morgan fingerprint density at radius 2 is 2.31 bits per heavy atom. The van der Waals surface area contributed by atoms with E-state index in [0.717, 1.165) is 18.0 Å². The average Bonchev–Trinajstić information content (AvgIpc) is 2.94. The molecule has 0 saturated heterocycles. The molecule has 1 aromatic rings. The van der Waals surface area contributed by atoms with E-state index in [4.69, 9.17) is 5.73 Å². The lowest BCUT2D eigenvalue weighted by atomic mass is 10.2. The van der Waals surface area contributed by atoms with E-state index >= 15 is 0 Å². The van der Waals surface area contributed by atoms with Gasteiger partial charge in [0.2, 0.25) is 0 Å². The van der Waals surface area contributed by atoms with E-state index in [1.54, 1.807) is 0 Å². The van der Waals surface area contributed by atoms with Gasteiger partial charge in [0, 0.05) is 11.3 Å². The predicted octanol–water partition coefficient (Wildman–Crippen LogP) is 1.59. The van der Waals surface area contributed by atoms with Crippen molar-refractivity contribution in [1.29, 1.82) is 0 Å². The summed E-state index contributed by atoms with van der Waals surface area (Å²) in [4.78, 5) is 0. The fraction of sp³-hybridized carbons (Fsp3) is 0.667. The fourth-order valence-corrected chi connectivity index (χ4v) is 2.78. The number of anilines is 1. The molecule has 2 heterocycles. The van der Waals surface area contributed by atoms with Crippen molar-refractivity contribution in [2.75, 3.05) is 11.5 Å². The van der Waals surface area contributed by atoms with Gasteiger partial charge in [0.05, 0.1) is 11.7 Å². The average molecular weight is 195 g/mol. The van der Waals surface area contributed by atoms with Gasteiger partial charge in [-0.1, -0.05) is 0 Å². The zero-order valence-electron chi connectivity index (χ0n) is 7.49. The molecule has 1 fully saturated rings. The molecule has 0 amide bonds. The molecule has 1 saturated carbocycles. The molecular formula is C9H13N3S. The van der Waals surface area contributed by atoms with Crippen LogP contribution in [-0.2, 0) is 12.2 Å². The number of fused-ring (bicyclic) bond motifs is 1. The molecule has 0 bridgehead atoms. The highest BCUT2D eigenvalue weighted by Crippen LogP contribution is 2.39. The Kier molecular flexibility index (Phi) is 1.59. The van der Waals surface area contributed by atoms with Crippen molar-refractivity contribution in [3.63, 3.8) is 0 Å². The molecular weight excluding hydrogens is 182 g/mol. The summed E-state index contributed by atoms with van der Waals surface area (Å²) in [6.07, 6.45) is 3.63. The van der Waals surface area contributed by atoms with Gasteiger partial charge >= 0.3 is 0 Å². The number of aromatic nitrogens is 2. The molecule has 4 heteroatoms. The van der Waals surface area contributed by atoms with E-state index in [-0.39, 0.29) is 0 Å². The molecule has 70 valence electrons. The Morgan fingerprint density at radius 3 is 3.00 bits per heavy atom. The van der Waals surface area contributed by atoms with E-state index in [2.05, 4.69) is 9.78 Å². The number of hydrogen-bond donors (Lipinski definition) is 1. The van der Waals surface area contributed by atoms with Crippen molar-refractivity contribution in [1.82, 2.24) is 9.78 Å². The summed E-state index contributed by atoms with van der Waals surface area (Å²) in [5.74, 6) is 3.20. The van der Waals surface area contributed by atoms with E-state index in [1.807, 2.05) is 11.8 Å². The number of nitrogen functional groups attached to an aromatic ring is 1. The number of nitrogens with two attached hydrogens (primary N) is 1. The molecule has 2 N–H and O–H groups in total. The lowest BCUT2D eigenvalue weighted by Crippen LogP contribution is -2.04. The molecule has 3 rings (SSSR count). The summed E-state index contributed by atoms with van der Waals surface area (Å²) in [6, 6.07) is 0.621. The minimum Gasteiger partial charge on any atom is -0.384 e. The van der Waals surface area contributed by atoms with Crippen LogP contribution in [0.3, 0.4) is 0 Å². The number of thioether (sulfide) groups is 1. The van der Waals surface area contributed by atoms with Crippen molar-refractivity contribution in [2.24, 2.45) is 0 Å². The topological polar surface area (TPSA) is 43.8 Å². The van der Waals surface area contributed by atoms with E-state index in [1.165, 1.54) is 29.9 Å². The quantitative estimate of drug-likeness (QED) is 0.740. The molecule has 2 aliphatic rings. The Morgan fingerprint density at radius 1 is 1.46 bits per heavy atom. The lowest BCUT2D eigenvalue weighted by Gasteiger charge is -2.08. The minimum atomic E-state index is 0.621. The van der Waals surface area contributed by atoms with Gasteiger partial charge in [-0.2, -0.15) is 16.9 Å². The van der Waals surface area contributed by atoms with Crippen LogP contribution in [0.4, 0.5) is 5.82 Å². The first-order chi connectivity index (χ1) is 6.36. The zero-order chi connectivity index (χ0) is 8.84. The Hall–Kier alpha value is -0.640. The summed E-state index contributed by atoms with van der Waals surface area (Å²) >= 11 is 1.96. The number of rotatable bonds is 1. The monoisotopic (exact) mass is 195 g/mol. The Balaban J connectivity index is 2.06. The van der Waals surface area contributed by atoms with Crippen LogP contribution < -0.4 is 5.73 Å². The second-order valence-electron chi connectivity index (χ2n) is 3.79. The molecule has 0 aromatic carbocycles. The third kappa shape index (κ3) is 1.15. The highest BCUT2D eigenvalue weighted by Gasteiger charge is 2.29. The van der Waals surface area contributed by atoms with E-state index < -0.39 is 0 Å². The summed E-state index contributed by atoms with van der Waals surface area (Å²) < 4.78 is 2.05. The van der Waals surface area contributed by atoms with Crippen LogP contribution in [0.25, 0.3) is 0 Å². The SMILES string of the molecule is Nc1c2c(nn1C1CC1)CSCC2. The van der Waals surface area contributed by atoms with Crippen LogP contribution in [0, 0.1) is 0 Å². The van der Waals surface area contributed by atoms with Crippen molar-refractivity contribution in [3.05, 3.63) is 11.3 Å². The third-order valence-corrected chi connectivity index (χ3v) is 3.73. The summed E-state index contributed by atoms with van der Waals surface area (Å²) in [7, 11) is 0. The van der Waals surface area contributed by atoms with Crippen molar-refractivity contribution in [2.45, 2.75) is 31.1 Å². The van der Waals surface area contributed by atoms with Crippen LogP contribution in [0.2, 0.25) is 0 Å². The van der Waals surface area contributed by atoms with E-state index in [9.17, 15) is 0 Å². The number of nitrogens with zero attached hydrogens (tertiary/aromatic N) is 2. The molecule has 1 aromatic heterocycles. The van der Waals surface area contributed by atoms with Gasteiger partial charge in [0.1, 0.15) is 5.82 Å². The first-order valence-corrected chi connectivity index (χ1v) is 5.95. The third-order valence-electron chi connectivity index (χ3n) is 2.76. The van der Waals surface area contributed by atoms with Gasteiger partial charge < -0.3 is 5.73 Å². The van der Waals surface area contributed by atoms with Gasteiger partial charge in [0.25, 0.3) is 0 Å². The maximum atomic E-state index is 6.06. The van der Waals surface area contributed by atoms with Crippen LogP contribution in [0.5, 0.6) is 0 Å². The Labute approximate surface area is 81.7 Å². The molecule has 1 aliphatic heterocycles. The summed E-state index contributed by atoms with van der Waals surface area (Å²) in [6.45, 7) is 0. The van der Waals surface area contributed by atoms with Gasteiger partial charge in [0.15, 0.2) is 0 Å². The second-order valence-corrected chi connectivity index (χ2v) is 4.89. The van der Waals surface area contributed by atoms with Crippen LogP contribution in [0.1, 0.15) is 30.1 Å². The van der Waals surface area contributed by atoms with Gasteiger partial charge in [-0.25, -0.2) is 4.68 Å². The number of hydrogen-bond acceptors (Lipinski definition) is 3. The highest BCUT2D eigenvalue weighted by atomic mass is 32.2. The fourth-order valence-electron chi connectivity index (χ4n) is 1.86. The van der Waals surface area contributed by atoms with E-state index in [0.29, 0.717) is 6.04 Å².